The summed E-state index contributed by atoms with van der Waals surface area (Å²) in [6.45, 7) is 2.50. The topological polar surface area (TPSA) is 64.0 Å². The van der Waals surface area contributed by atoms with Gasteiger partial charge >= 0.3 is 0 Å². The Morgan fingerprint density at radius 3 is 2.65 bits per heavy atom. The summed E-state index contributed by atoms with van der Waals surface area (Å²) in [5.74, 6) is 0.401. The van der Waals surface area contributed by atoms with Gasteiger partial charge in [0.1, 0.15) is 11.6 Å². The van der Waals surface area contributed by atoms with E-state index in [-0.39, 0.29) is 11.4 Å². The molecule has 3 rings (SSSR count). The third-order valence-electron chi connectivity index (χ3n) is 4.04. The smallest absolute Gasteiger partial charge is 0.240 e. The zero-order valence-corrected chi connectivity index (χ0v) is 15.2. The largest absolute Gasteiger partial charge is 0.331 e. The second kappa shape index (κ2) is 7.80. The van der Waals surface area contributed by atoms with Crippen LogP contribution >= 0.6 is 0 Å². The van der Waals surface area contributed by atoms with E-state index in [0.29, 0.717) is 18.5 Å². The highest BCUT2D eigenvalue weighted by atomic mass is 32.2. The van der Waals surface area contributed by atoms with E-state index >= 15 is 0 Å². The first kappa shape index (κ1) is 18.3. The van der Waals surface area contributed by atoms with Gasteiger partial charge in [-0.15, -0.1) is 0 Å². The van der Waals surface area contributed by atoms with Crippen molar-refractivity contribution in [3.8, 4) is 11.4 Å². The summed E-state index contributed by atoms with van der Waals surface area (Å²) < 4.78 is 42.4. The van der Waals surface area contributed by atoms with Gasteiger partial charge in [0.2, 0.25) is 10.0 Å². The molecule has 0 saturated carbocycles. The van der Waals surface area contributed by atoms with Gasteiger partial charge in [0, 0.05) is 31.0 Å². The molecule has 1 heterocycles. The Balaban J connectivity index is 1.60. The molecule has 0 aliphatic carbocycles. The van der Waals surface area contributed by atoms with E-state index in [1.54, 1.807) is 13.1 Å². The lowest BCUT2D eigenvalue weighted by Gasteiger charge is -2.11. The number of nitrogens with one attached hydrogen (secondary N) is 1. The molecule has 1 aromatic heterocycles. The summed E-state index contributed by atoms with van der Waals surface area (Å²) in [5.41, 5.74) is 1.40. The maximum absolute atomic E-state index is 13.2. The summed E-state index contributed by atoms with van der Waals surface area (Å²) in [6, 6.07) is 13.5. The number of sulfonamides is 1. The number of halogens is 1. The third kappa shape index (κ3) is 4.17. The lowest BCUT2D eigenvalue weighted by Crippen LogP contribution is -2.26. The molecular formula is C19H20FN3O2S. The fourth-order valence-electron chi connectivity index (χ4n) is 2.79. The van der Waals surface area contributed by atoms with Crippen LogP contribution in [-0.4, -0.2) is 24.5 Å². The first-order chi connectivity index (χ1) is 12.5. The molecule has 0 spiro atoms. The maximum atomic E-state index is 13.2. The van der Waals surface area contributed by atoms with Crippen LogP contribution in [0.25, 0.3) is 11.4 Å². The van der Waals surface area contributed by atoms with Gasteiger partial charge in [-0.25, -0.2) is 22.5 Å². The van der Waals surface area contributed by atoms with Crippen LogP contribution in [0.15, 0.2) is 65.8 Å². The van der Waals surface area contributed by atoms with E-state index < -0.39 is 15.8 Å². The van der Waals surface area contributed by atoms with Gasteiger partial charge in [-0.05, 0) is 37.1 Å². The molecule has 7 heteroatoms. The molecule has 0 atom stereocenters. The Bertz CT molecular complexity index is 985. The summed E-state index contributed by atoms with van der Waals surface area (Å²) in [5, 5.41) is 0. The highest BCUT2D eigenvalue weighted by molar-refractivity contribution is 7.89. The predicted molar refractivity (Wildman–Crippen MR) is 98.6 cm³/mol. The second-order valence-electron chi connectivity index (χ2n) is 5.97. The molecule has 0 aliphatic rings. The fourth-order valence-corrected chi connectivity index (χ4v) is 4.08. The van der Waals surface area contributed by atoms with Crippen molar-refractivity contribution in [3.63, 3.8) is 0 Å². The molecule has 0 amide bonds. The Labute approximate surface area is 152 Å². The zero-order chi connectivity index (χ0) is 18.6. The lowest BCUT2D eigenvalue weighted by molar-refractivity contribution is 0.569. The van der Waals surface area contributed by atoms with E-state index in [1.807, 2.05) is 41.1 Å². The number of benzene rings is 2. The Morgan fingerprint density at radius 1 is 1.15 bits per heavy atom. The van der Waals surface area contributed by atoms with Gasteiger partial charge in [-0.1, -0.05) is 30.3 Å². The number of imidazole rings is 1. The van der Waals surface area contributed by atoms with Gasteiger partial charge in [0.05, 0.1) is 4.90 Å². The highest BCUT2D eigenvalue weighted by Gasteiger charge is 2.16. The Morgan fingerprint density at radius 2 is 1.92 bits per heavy atom. The van der Waals surface area contributed by atoms with Crippen molar-refractivity contribution in [2.24, 2.45) is 0 Å². The molecular weight excluding hydrogens is 353 g/mol. The van der Waals surface area contributed by atoms with Gasteiger partial charge in [0.15, 0.2) is 0 Å². The first-order valence-electron chi connectivity index (χ1n) is 8.30. The molecule has 1 N–H and O–H groups in total. The SMILES string of the molecule is Cc1cc(F)ccc1S(=O)(=O)NCCCn1ccnc1-c1ccccc1. The number of nitrogens with zero attached hydrogens (tertiary/aromatic N) is 2. The van der Waals surface area contributed by atoms with Crippen LogP contribution in [0, 0.1) is 12.7 Å². The number of hydrogen-bond acceptors (Lipinski definition) is 3. The molecule has 2 aromatic carbocycles. The van der Waals surface area contributed by atoms with E-state index in [4.69, 9.17) is 0 Å². The summed E-state index contributed by atoms with van der Waals surface area (Å²) in [7, 11) is -3.65. The number of rotatable bonds is 7. The summed E-state index contributed by atoms with van der Waals surface area (Å²) >= 11 is 0. The third-order valence-corrected chi connectivity index (χ3v) is 5.66. The molecule has 26 heavy (non-hydrogen) atoms. The van der Waals surface area contributed by atoms with Gasteiger partial charge in [-0.3, -0.25) is 0 Å². The monoisotopic (exact) mass is 373 g/mol. The van der Waals surface area contributed by atoms with E-state index in [0.717, 1.165) is 17.5 Å². The number of hydrogen-bond donors (Lipinski definition) is 1. The van der Waals surface area contributed by atoms with Crippen molar-refractivity contribution < 1.29 is 12.8 Å². The Kier molecular flexibility index (Phi) is 5.49. The molecule has 0 bridgehead atoms. The molecule has 0 fully saturated rings. The maximum Gasteiger partial charge on any atom is 0.240 e. The highest BCUT2D eigenvalue weighted by Crippen LogP contribution is 2.18. The molecule has 136 valence electrons. The molecule has 0 radical (unpaired) electrons. The van der Waals surface area contributed by atoms with Crippen LogP contribution < -0.4 is 4.72 Å². The summed E-state index contributed by atoms with van der Waals surface area (Å²) in [4.78, 5) is 4.47. The fraction of sp³-hybridized carbons (Fsp3) is 0.211. The van der Waals surface area contributed by atoms with E-state index in [2.05, 4.69) is 9.71 Å². The lowest BCUT2D eigenvalue weighted by atomic mass is 10.2. The average molecular weight is 373 g/mol. The summed E-state index contributed by atoms with van der Waals surface area (Å²) in [6.07, 6.45) is 4.21. The minimum Gasteiger partial charge on any atom is -0.331 e. The number of aryl methyl sites for hydroxylation is 2. The molecule has 0 saturated heterocycles. The van der Waals surface area contributed by atoms with Crippen molar-refractivity contribution in [3.05, 3.63) is 72.3 Å². The van der Waals surface area contributed by atoms with E-state index in [9.17, 15) is 12.8 Å². The molecule has 3 aromatic rings. The normalized spacial score (nSPS) is 11.6. The van der Waals surface area contributed by atoms with Crippen molar-refractivity contribution >= 4 is 10.0 Å². The zero-order valence-electron chi connectivity index (χ0n) is 14.4. The van der Waals surface area contributed by atoms with Crippen LogP contribution in [-0.2, 0) is 16.6 Å². The van der Waals surface area contributed by atoms with Crippen molar-refractivity contribution in [1.82, 2.24) is 14.3 Å². The minimum absolute atomic E-state index is 0.103. The second-order valence-corrected chi connectivity index (χ2v) is 7.71. The average Bonchev–Trinajstić information content (AvgIpc) is 3.07. The van der Waals surface area contributed by atoms with Crippen LogP contribution in [0.2, 0.25) is 0 Å². The van der Waals surface area contributed by atoms with Gasteiger partial charge in [-0.2, -0.15) is 0 Å². The molecule has 0 unspecified atom stereocenters. The first-order valence-corrected chi connectivity index (χ1v) is 9.78. The van der Waals surface area contributed by atoms with Crippen molar-refractivity contribution in [2.75, 3.05) is 6.54 Å². The minimum atomic E-state index is -3.65. The van der Waals surface area contributed by atoms with Gasteiger partial charge < -0.3 is 4.57 Å². The van der Waals surface area contributed by atoms with Crippen molar-refractivity contribution in [1.29, 1.82) is 0 Å². The quantitative estimate of drug-likeness (QED) is 0.646. The molecule has 5 nitrogen and oxygen atoms in total. The van der Waals surface area contributed by atoms with Crippen LogP contribution in [0.1, 0.15) is 12.0 Å². The van der Waals surface area contributed by atoms with Crippen LogP contribution in [0.4, 0.5) is 4.39 Å². The van der Waals surface area contributed by atoms with Gasteiger partial charge in [0.25, 0.3) is 0 Å². The van der Waals surface area contributed by atoms with Crippen LogP contribution in [0.5, 0.6) is 0 Å². The van der Waals surface area contributed by atoms with Crippen LogP contribution in [0.3, 0.4) is 0 Å². The number of aromatic nitrogens is 2. The standard InChI is InChI=1S/C19H20FN3O2S/c1-15-14-17(20)8-9-18(15)26(24,25)22-10-5-12-23-13-11-21-19(23)16-6-3-2-4-7-16/h2-4,6-9,11,13-14,22H,5,10,12H2,1H3. The Hall–Kier alpha value is -2.51. The molecule has 0 aliphatic heterocycles. The predicted octanol–water partition coefficient (Wildman–Crippen LogP) is 3.37. The van der Waals surface area contributed by atoms with Crippen molar-refractivity contribution in [2.45, 2.75) is 24.8 Å². The van der Waals surface area contributed by atoms with E-state index in [1.165, 1.54) is 12.1 Å².